The molecule has 1 aliphatic heterocycles. The van der Waals surface area contributed by atoms with Crippen molar-refractivity contribution < 1.29 is 22.7 Å². The molecule has 0 aromatic rings. The Morgan fingerprint density at radius 2 is 2.18 bits per heavy atom. The third kappa shape index (κ3) is 3.16. The van der Waals surface area contributed by atoms with E-state index in [4.69, 9.17) is 0 Å². The number of nitrogens with one attached hydrogen (secondary N) is 1. The van der Waals surface area contributed by atoms with Gasteiger partial charge >= 0.3 is 5.97 Å². The van der Waals surface area contributed by atoms with Crippen molar-refractivity contribution >= 4 is 21.9 Å². The SMILES string of the molecule is COC(=O)C(C)S(=O)(=O)N1CCCNC(=O)C1. The van der Waals surface area contributed by atoms with Gasteiger partial charge in [-0.15, -0.1) is 0 Å². The van der Waals surface area contributed by atoms with Crippen LogP contribution in [-0.4, -0.2) is 56.6 Å². The standard InChI is InChI=1S/C9H16N2O5S/c1-7(9(13)16-2)17(14,15)11-5-3-4-10-8(12)6-11/h7H,3-6H2,1-2H3,(H,10,12). The molecule has 1 N–H and O–H groups in total. The van der Waals surface area contributed by atoms with Crippen LogP contribution >= 0.6 is 0 Å². The molecule has 0 aromatic heterocycles. The predicted octanol–water partition coefficient (Wildman–Crippen LogP) is -1.30. The van der Waals surface area contributed by atoms with Gasteiger partial charge in [-0.25, -0.2) is 8.42 Å². The Hall–Kier alpha value is -1.15. The number of carbonyl (C=O) groups is 2. The van der Waals surface area contributed by atoms with Crippen molar-refractivity contribution in [3.8, 4) is 0 Å². The Kier molecular flexibility index (Phi) is 4.47. The van der Waals surface area contributed by atoms with Crippen molar-refractivity contribution in [1.29, 1.82) is 0 Å². The van der Waals surface area contributed by atoms with Gasteiger partial charge in [0.05, 0.1) is 13.7 Å². The average Bonchev–Trinajstić information content (AvgIpc) is 2.52. The summed E-state index contributed by atoms with van der Waals surface area (Å²) in [6.45, 7) is 1.67. The minimum absolute atomic E-state index is 0.225. The molecular weight excluding hydrogens is 248 g/mol. The highest BCUT2D eigenvalue weighted by Crippen LogP contribution is 2.12. The molecule has 1 amide bonds. The number of ether oxygens (including phenoxy) is 1. The van der Waals surface area contributed by atoms with Crippen LogP contribution in [-0.2, 0) is 24.3 Å². The second kappa shape index (κ2) is 5.46. The van der Waals surface area contributed by atoms with Gasteiger partial charge in [0.15, 0.2) is 5.25 Å². The van der Waals surface area contributed by atoms with E-state index >= 15 is 0 Å². The van der Waals surface area contributed by atoms with Gasteiger partial charge in [0.25, 0.3) is 0 Å². The summed E-state index contributed by atoms with van der Waals surface area (Å²) in [6.07, 6.45) is 0.527. The van der Waals surface area contributed by atoms with Gasteiger partial charge in [0.2, 0.25) is 15.9 Å². The minimum atomic E-state index is -3.83. The molecule has 0 aliphatic carbocycles. The summed E-state index contributed by atoms with van der Waals surface area (Å²) in [5.74, 6) is -1.18. The highest BCUT2D eigenvalue weighted by Gasteiger charge is 2.36. The van der Waals surface area contributed by atoms with Gasteiger partial charge in [-0.05, 0) is 13.3 Å². The van der Waals surface area contributed by atoms with E-state index in [1.807, 2.05) is 0 Å². The molecule has 0 radical (unpaired) electrons. The topological polar surface area (TPSA) is 92.8 Å². The van der Waals surface area contributed by atoms with E-state index in [1.54, 1.807) is 0 Å². The van der Waals surface area contributed by atoms with E-state index in [1.165, 1.54) is 6.92 Å². The molecular formula is C9H16N2O5S. The van der Waals surface area contributed by atoms with Crippen molar-refractivity contribution in [3.05, 3.63) is 0 Å². The first kappa shape index (κ1) is 13.9. The first-order valence-electron chi connectivity index (χ1n) is 5.23. The van der Waals surface area contributed by atoms with Crippen LogP contribution in [0, 0.1) is 0 Å². The summed E-state index contributed by atoms with van der Waals surface area (Å²) < 4.78 is 29.5. The van der Waals surface area contributed by atoms with E-state index < -0.39 is 21.2 Å². The molecule has 0 spiro atoms. The van der Waals surface area contributed by atoms with E-state index in [0.29, 0.717) is 13.0 Å². The third-order valence-electron chi connectivity index (χ3n) is 2.57. The lowest BCUT2D eigenvalue weighted by molar-refractivity contribution is -0.139. The summed E-state index contributed by atoms with van der Waals surface area (Å²) in [7, 11) is -2.70. The molecule has 1 aliphatic rings. The monoisotopic (exact) mass is 264 g/mol. The molecule has 1 heterocycles. The Morgan fingerprint density at radius 1 is 1.53 bits per heavy atom. The second-order valence-corrected chi connectivity index (χ2v) is 6.00. The second-order valence-electron chi connectivity index (χ2n) is 3.75. The van der Waals surface area contributed by atoms with E-state index in [-0.39, 0.29) is 19.0 Å². The number of nitrogens with zero attached hydrogens (tertiary/aromatic N) is 1. The van der Waals surface area contributed by atoms with Crippen LogP contribution in [0.1, 0.15) is 13.3 Å². The van der Waals surface area contributed by atoms with Gasteiger partial charge in [0, 0.05) is 13.1 Å². The summed E-state index contributed by atoms with van der Waals surface area (Å²) in [5.41, 5.74) is 0. The molecule has 1 unspecified atom stereocenters. The zero-order valence-corrected chi connectivity index (χ0v) is 10.6. The number of methoxy groups -OCH3 is 1. The van der Waals surface area contributed by atoms with Gasteiger partial charge in [-0.2, -0.15) is 4.31 Å². The Balaban J connectivity index is 2.88. The molecule has 1 saturated heterocycles. The lowest BCUT2D eigenvalue weighted by atomic mass is 10.4. The molecule has 1 atom stereocenters. The fraction of sp³-hybridized carbons (Fsp3) is 0.778. The van der Waals surface area contributed by atoms with Crippen molar-refractivity contribution in [2.75, 3.05) is 26.7 Å². The first-order valence-corrected chi connectivity index (χ1v) is 6.73. The molecule has 0 saturated carbocycles. The van der Waals surface area contributed by atoms with Crippen LogP contribution < -0.4 is 5.32 Å². The van der Waals surface area contributed by atoms with E-state index in [9.17, 15) is 18.0 Å². The lowest BCUT2D eigenvalue weighted by Crippen LogP contribution is -2.44. The third-order valence-corrected chi connectivity index (χ3v) is 4.68. The van der Waals surface area contributed by atoms with Crippen molar-refractivity contribution in [1.82, 2.24) is 9.62 Å². The highest BCUT2D eigenvalue weighted by atomic mass is 32.2. The molecule has 1 fully saturated rings. The maximum atomic E-state index is 12.0. The number of sulfonamides is 1. The van der Waals surface area contributed by atoms with Gasteiger partial charge in [-0.1, -0.05) is 0 Å². The number of amides is 1. The Bertz CT molecular complexity index is 406. The van der Waals surface area contributed by atoms with Gasteiger partial charge in [-0.3, -0.25) is 9.59 Å². The largest absolute Gasteiger partial charge is 0.468 e. The lowest BCUT2D eigenvalue weighted by Gasteiger charge is -2.21. The number of carbonyl (C=O) groups excluding carboxylic acids is 2. The van der Waals surface area contributed by atoms with Crippen molar-refractivity contribution in [2.24, 2.45) is 0 Å². The van der Waals surface area contributed by atoms with Crippen molar-refractivity contribution in [3.63, 3.8) is 0 Å². The summed E-state index contributed by atoms with van der Waals surface area (Å²) in [4.78, 5) is 22.5. The number of hydrogen-bond acceptors (Lipinski definition) is 5. The van der Waals surface area contributed by atoms with Crippen LogP contribution in [0.5, 0.6) is 0 Å². The molecule has 0 aromatic carbocycles. The number of hydrogen-bond donors (Lipinski definition) is 1. The molecule has 1 rings (SSSR count). The van der Waals surface area contributed by atoms with Crippen LogP contribution in [0.3, 0.4) is 0 Å². The maximum absolute atomic E-state index is 12.0. The fourth-order valence-electron chi connectivity index (χ4n) is 1.51. The molecule has 98 valence electrons. The Morgan fingerprint density at radius 3 is 2.76 bits per heavy atom. The zero-order valence-electron chi connectivity index (χ0n) is 9.80. The first-order chi connectivity index (χ1) is 7.89. The van der Waals surface area contributed by atoms with E-state index in [0.717, 1.165) is 11.4 Å². The van der Waals surface area contributed by atoms with Gasteiger partial charge in [0.1, 0.15) is 0 Å². The van der Waals surface area contributed by atoms with Crippen molar-refractivity contribution in [2.45, 2.75) is 18.6 Å². The Labute approximate surface area is 100 Å². The number of rotatable bonds is 3. The van der Waals surface area contributed by atoms with Crippen LogP contribution in [0.25, 0.3) is 0 Å². The average molecular weight is 264 g/mol. The van der Waals surface area contributed by atoms with Crippen LogP contribution in [0.4, 0.5) is 0 Å². The zero-order chi connectivity index (χ0) is 13.1. The quantitative estimate of drug-likeness (QED) is 0.640. The number of esters is 1. The van der Waals surface area contributed by atoms with Gasteiger partial charge < -0.3 is 10.1 Å². The highest BCUT2D eigenvalue weighted by molar-refractivity contribution is 7.90. The molecule has 8 heteroatoms. The van der Waals surface area contributed by atoms with Crippen LogP contribution in [0.2, 0.25) is 0 Å². The summed E-state index contributed by atoms with van der Waals surface area (Å²) in [5, 5.41) is 1.27. The van der Waals surface area contributed by atoms with E-state index in [2.05, 4.69) is 10.1 Å². The fourth-order valence-corrected chi connectivity index (χ4v) is 2.97. The summed E-state index contributed by atoms with van der Waals surface area (Å²) >= 11 is 0. The normalized spacial score (nSPS) is 20.2. The predicted molar refractivity (Wildman–Crippen MR) is 59.6 cm³/mol. The smallest absolute Gasteiger partial charge is 0.325 e. The van der Waals surface area contributed by atoms with Crippen LogP contribution in [0.15, 0.2) is 0 Å². The summed E-state index contributed by atoms with van der Waals surface area (Å²) in [6, 6.07) is 0. The molecule has 17 heavy (non-hydrogen) atoms. The molecule has 7 nitrogen and oxygen atoms in total. The molecule has 0 bridgehead atoms. The maximum Gasteiger partial charge on any atom is 0.325 e. The minimum Gasteiger partial charge on any atom is -0.468 e.